The molecule has 0 fully saturated rings. The molecule has 0 unspecified atom stereocenters. The summed E-state index contributed by atoms with van der Waals surface area (Å²) in [5, 5.41) is 8.97. The summed E-state index contributed by atoms with van der Waals surface area (Å²) in [4.78, 5) is 19.9. The third-order valence-electron chi connectivity index (χ3n) is 3.92. The van der Waals surface area contributed by atoms with E-state index in [2.05, 4.69) is 35.9 Å². The molecule has 0 aliphatic rings. The van der Waals surface area contributed by atoms with Crippen LogP contribution < -0.4 is 0 Å². The molecule has 4 heteroatoms. The molecule has 0 atom stereocenters. The molecule has 0 saturated heterocycles. The van der Waals surface area contributed by atoms with E-state index in [1.54, 1.807) is 30.5 Å². The van der Waals surface area contributed by atoms with Crippen LogP contribution in [0.2, 0.25) is 0 Å². The van der Waals surface area contributed by atoms with Crippen LogP contribution in [0.15, 0.2) is 60.8 Å². The number of rotatable bonds is 4. The summed E-state index contributed by atoms with van der Waals surface area (Å²) in [5.74, 6) is 0.208. The van der Waals surface area contributed by atoms with E-state index in [1.165, 1.54) is 5.56 Å². The van der Waals surface area contributed by atoms with Gasteiger partial charge in [-0.05, 0) is 29.7 Å². The van der Waals surface area contributed by atoms with Crippen LogP contribution in [0, 0.1) is 0 Å². The fraction of sp³-hybridized carbons (Fsp3) is 0.150. The van der Waals surface area contributed by atoms with Gasteiger partial charge in [0.1, 0.15) is 0 Å². The summed E-state index contributed by atoms with van der Waals surface area (Å²) < 4.78 is 0. The Balaban J connectivity index is 1.92. The zero-order chi connectivity index (χ0) is 17.1. The Morgan fingerprint density at radius 2 is 1.54 bits per heavy atom. The van der Waals surface area contributed by atoms with Crippen LogP contribution in [0.3, 0.4) is 0 Å². The first-order valence-corrected chi connectivity index (χ1v) is 7.81. The Bertz CT molecular complexity index is 854. The van der Waals surface area contributed by atoms with Gasteiger partial charge in [-0.25, -0.2) is 14.8 Å². The first-order chi connectivity index (χ1) is 11.5. The lowest BCUT2D eigenvalue weighted by Crippen LogP contribution is -1.96. The van der Waals surface area contributed by atoms with E-state index in [1.807, 2.05) is 18.2 Å². The third-order valence-corrected chi connectivity index (χ3v) is 3.92. The van der Waals surface area contributed by atoms with Gasteiger partial charge in [-0.15, -0.1) is 0 Å². The molecule has 120 valence electrons. The Kier molecular flexibility index (Phi) is 4.38. The van der Waals surface area contributed by atoms with Crippen molar-refractivity contribution in [3.05, 3.63) is 71.9 Å². The number of hydrogen-bond acceptors (Lipinski definition) is 3. The van der Waals surface area contributed by atoms with Crippen molar-refractivity contribution in [2.45, 2.75) is 19.8 Å². The number of hydrogen-bond donors (Lipinski definition) is 1. The molecule has 2 aromatic carbocycles. The first-order valence-electron chi connectivity index (χ1n) is 7.81. The molecule has 0 aliphatic carbocycles. The van der Waals surface area contributed by atoms with Crippen molar-refractivity contribution < 1.29 is 9.90 Å². The van der Waals surface area contributed by atoms with Gasteiger partial charge in [-0.2, -0.15) is 0 Å². The van der Waals surface area contributed by atoms with Crippen LogP contribution in [0.1, 0.15) is 35.7 Å². The maximum Gasteiger partial charge on any atom is 0.335 e. The Morgan fingerprint density at radius 3 is 2.12 bits per heavy atom. The molecule has 4 nitrogen and oxygen atoms in total. The summed E-state index contributed by atoms with van der Waals surface area (Å²) in [5.41, 5.74) is 4.13. The second-order valence-electron chi connectivity index (χ2n) is 5.92. The topological polar surface area (TPSA) is 63.1 Å². The minimum atomic E-state index is -0.935. The highest BCUT2D eigenvalue weighted by Gasteiger charge is 2.07. The van der Waals surface area contributed by atoms with Crippen LogP contribution in [0.4, 0.5) is 0 Å². The van der Waals surface area contributed by atoms with Crippen molar-refractivity contribution in [2.75, 3.05) is 0 Å². The molecule has 1 N–H and O–H groups in total. The predicted octanol–water partition coefficient (Wildman–Crippen LogP) is 4.63. The van der Waals surface area contributed by atoms with E-state index in [0.29, 0.717) is 11.7 Å². The van der Waals surface area contributed by atoms with Gasteiger partial charge in [0.15, 0.2) is 5.82 Å². The normalized spacial score (nSPS) is 10.8. The number of carboxylic acids is 1. The number of benzene rings is 2. The highest BCUT2D eigenvalue weighted by Crippen LogP contribution is 2.23. The lowest BCUT2D eigenvalue weighted by Gasteiger charge is -2.07. The van der Waals surface area contributed by atoms with Crippen molar-refractivity contribution in [3.8, 4) is 22.6 Å². The second kappa shape index (κ2) is 6.62. The molecule has 0 saturated carbocycles. The van der Waals surface area contributed by atoms with Crippen molar-refractivity contribution in [1.82, 2.24) is 9.97 Å². The average molecular weight is 318 g/mol. The van der Waals surface area contributed by atoms with Crippen LogP contribution in [0.25, 0.3) is 22.6 Å². The van der Waals surface area contributed by atoms with Crippen LogP contribution in [-0.2, 0) is 0 Å². The highest BCUT2D eigenvalue weighted by atomic mass is 16.4. The standard InChI is InChI=1S/C20H18N2O2/c1-13(2)14-3-7-16(8-4-14)19-21-12-11-18(22-19)15-5-9-17(10-6-15)20(23)24/h3-13H,1-2H3,(H,23,24). The Labute approximate surface area is 140 Å². The molecule has 0 aliphatic heterocycles. The van der Waals surface area contributed by atoms with E-state index in [4.69, 9.17) is 5.11 Å². The molecule has 24 heavy (non-hydrogen) atoms. The minimum absolute atomic E-state index is 0.261. The third kappa shape index (κ3) is 3.33. The van der Waals surface area contributed by atoms with E-state index in [9.17, 15) is 4.79 Å². The molecule has 1 heterocycles. The molecule has 0 radical (unpaired) electrons. The molecule has 3 aromatic rings. The van der Waals surface area contributed by atoms with E-state index in [0.717, 1.165) is 16.8 Å². The first kappa shape index (κ1) is 15.9. The fourth-order valence-electron chi connectivity index (χ4n) is 2.46. The Morgan fingerprint density at radius 1 is 0.917 bits per heavy atom. The maximum absolute atomic E-state index is 10.9. The molecule has 0 bridgehead atoms. The van der Waals surface area contributed by atoms with Gasteiger partial charge in [-0.3, -0.25) is 0 Å². The van der Waals surface area contributed by atoms with Crippen molar-refractivity contribution in [2.24, 2.45) is 0 Å². The van der Waals surface area contributed by atoms with Gasteiger partial charge in [0.2, 0.25) is 0 Å². The van der Waals surface area contributed by atoms with Crippen molar-refractivity contribution >= 4 is 5.97 Å². The number of aromatic carboxylic acids is 1. The molecule has 0 spiro atoms. The van der Waals surface area contributed by atoms with Gasteiger partial charge in [0.25, 0.3) is 0 Å². The lowest BCUT2D eigenvalue weighted by molar-refractivity contribution is 0.0697. The molecule has 0 amide bonds. The summed E-state index contributed by atoms with van der Waals surface area (Å²) in [6.45, 7) is 4.32. The van der Waals surface area contributed by atoms with Crippen LogP contribution >= 0.6 is 0 Å². The largest absolute Gasteiger partial charge is 0.478 e. The number of carbonyl (C=O) groups is 1. The van der Waals surface area contributed by atoms with Gasteiger partial charge in [0, 0.05) is 17.3 Å². The summed E-state index contributed by atoms with van der Waals surface area (Å²) in [7, 11) is 0. The predicted molar refractivity (Wildman–Crippen MR) is 94.0 cm³/mol. The summed E-state index contributed by atoms with van der Waals surface area (Å²) in [6.07, 6.45) is 1.72. The number of nitrogens with zero attached hydrogens (tertiary/aromatic N) is 2. The fourth-order valence-corrected chi connectivity index (χ4v) is 2.46. The average Bonchev–Trinajstić information content (AvgIpc) is 2.62. The molecular weight excluding hydrogens is 300 g/mol. The van der Waals surface area contributed by atoms with Gasteiger partial charge < -0.3 is 5.11 Å². The SMILES string of the molecule is CC(C)c1ccc(-c2nccc(-c3ccc(C(=O)O)cc3)n2)cc1. The zero-order valence-electron chi connectivity index (χ0n) is 13.6. The van der Waals surface area contributed by atoms with E-state index in [-0.39, 0.29) is 5.56 Å². The summed E-state index contributed by atoms with van der Waals surface area (Å²) in [6, 6.07) is 16.8. The smallest absolute Gasteiger partial charge is 0.335 e. The van der Waals surface area contributed by atoms with Crippen LogP contribution in [0.5, 0.6) is 0 Å². The van der Waals surface area contributed by atoms with Crippen LogP contribution in [-0.4, -0.2) is 21.0 Å². The number of aromatic nitrogens is 2. The lowest BCUT2D eigenvalue weighted by atomic mass is 10.0. The molecular formula is C20H18N2O2. The highest BCUT2D eigenvalue weighted by molar-refractivity contribution is 5.88. The van der Waals surface area contributed by atoms with E-state index >= 15 is 0 Å². The van der Waals surface area contributed by atoms with Crippen molar-refractivity contribution in [3.63, 3.8) is 0 Å². The second-order valence-corrected chi connectivity index (χ2v) is 5.92. The molecule has 1 aromatic heterocycles. The van der Waals surface area contributed by atoms with E-state index < -0.39 is 5.97 Å². The molecule has 3 rings (SSSR count). The number of carboxylic acid groups (broad SMARTS) is 1. The van der Waals surface area contributed by atoms with Gasteiger partial charge in [-0.1, -0.05) is 50.2 Å². The zero-order valence-corrected chi connectivity index (χ0v) is 13.6. The van der Waals surface area contributed by atoms with Gasteiger partial charge >= 0.3 is 5.97 Å². The Hall–Kier alpha value is -3.01. The minimum Gasteiger partial charge on any atom is -0.478 e. The quantitative estimate of drug-likeness (QED) is 0.761. The summed E-state index contributed by atoms with van der Waals surface area (Å²) >= 11 is 0. The monoisotopic (exact) mass is 318 g/mol. The van der Waals surface area contributed by atoms with Gasteiger partial charge in [0.05, 0.1) is 11.3 Å². The maximum atomic E-state index is 10.9. The van der Waals surface area contributed by atoms with Crippen molar-refractivity contribution in [1.29, 1.82) is 0 Å².